The largest absolute Gasteiger partial charge is 0.490 e. The minimum Gasteiger partial charge on any atom is -0.490 e. The topological polar surface area (TPSA) is 47.6 Å². The first kappa shape index (κ1) is 18.4. The molecule has 4 nitrogen and oxygen atoms in total. The highest BCUT2D eigenvalue weighted by molar-refractivity contribution is 6.32. The van der Waals surface area contributed by atoms with Gasteiger partial charge in [0.25, 0.3) is 5.91 Å². The van der Waals surface area contributed by atoms with E-state index in [9.17, 15) is 4.79 Å². The van der Waals surface area contributed by atoms with Gasteiger partial charge in [-0.25, -0.2) is 0 Å². The van der Waals surface area contributed by atoms with Crippen molar-refractivity contribution < 1.29 is 14.3 Å². The molecule has 0 aliphatic rings. The molecule has 1 atom stereocenters. The maximum atomic E-state index is 12.2. The van der Waals surface area contributed by atoms with Gasteiger partial charge in [0.15, 0.2) is 6.10 Å². The van der Waals surface area contributed by atoms with E-state index in [0.717, 1.165) is 0 Å². The molecule has 2 aromatic carbocycles. The molecule has 24 heavy (non-hydrogen) atoms. The molecule has 0 unspecified atom stereocenters. The Balaban J connectivity index is 1.77. The van der Waals surface area contributed by atoms with Crippen molar-refractivity contribution in [3.8, 4) is 11.5 Å². The normalized spacial score (nSPS) is 11.6. The minimum atomic E-state index is -0.563. The number of rotatable bonds is 8. The van der Waals surface area contributed by atoms with Crippen molar-refractivity contribution in [2.75, 3.05) is 13.2 Å². The lowest BCUT2D eigenvalue weighted by Crippen LogP contribution is -2.39. The molecule has 0 aliphatic carbocycles. The van der Waals surface area contributed by atoms with Crippen LogP contribution in [-0.2, 0) is 4.79 Å². The minimum absolute atomic E-state index is 0.185. The van der Waals surface area contributed by atoms with Crippen LogP contribution in [0.5, 0.6) is 11.5 Å². The van der Waals surface area contributed by atoms with Gasteiger partial charge in [-0.15, -0.1) is 0 Å². The Hall–Kier alpha value is -1.91. The summed E-state index contributed by atoms with van der Waals surface area (Å²) in [4.78, 5) is 12.2. The number of hydrogen-bond acceptors (Lipinski definition) is 3. The quantitative estimate of drug-likeness (QED) is 0.705. The van der Waals surface area contributed by atoms with E-state index < -0.39 is 6.10 Å². The number of hydrogen-bond donors (Lipinski definition) is 1. The van der Waals surface area contributed by atoms with E-state index in [0.29, 0.717) is 41.1 Å². The standard InChI is InChI=1S/C18H19Cl2NO3/c1-2-16(24-14-9-7-13(19)8-10-14)18(22)21-11-12-23-17-6-4-3-5-15(17)20/h3-10,16H,2,11-12H2,1H3,(H,21,22)/t16-/m0/s1. The van der Waals surface area contributed by atoms with Gasteiger partial charge in [-0.3, -0.25) is 4.79 Å². The average Bonchev–Trinajstić information content (AvgIpc) is 2.59. The van der Waals surface area contributed by atoms with Crippen LogP contribution in [0.25, 0.3) is 0 Å². The van der Waals surface area contributed by atoms with Crippen molar-refractivity contribution in [3.63, 3.8) is 0 Å². The third kappa shape index (κ3) is 5.62. The number of amides is 1. The Morgan fingerprint density at radius 1 is 1.12 bits per heavy atom. The molecular weight excluding hydrogens is 349 g/mol. The Bertz CT molecular complexity index is 662. The molecule has 1 amide bonds. The lowest BCUT2D eigenvalue weighted by molar-refractivity contribution is -0.128. The van der Waals surface area contributed by atoms with Gasteiger partial charge in [-0.05, 0) is 42.8 Å². The molecule has 0 radical (unpaired) electrons. The third-order valence-electron chi connectivity index (χ3n) is 3.25. The molecule has 1 N–H and O–H groups in total. The van der Waals surface area contributed by atoms with Crippen LogP contribution in [0.3, 0.4) is 0 Å². The first-order valence-electron chi connectivity index (χ1n) is 7.67. The van der Waals surface area contributed by atoms with Crippen molar-refractivity contribution in [1.29, 1.82) is 0 Å². The van der Waals surface area contributed by atoms with Gasteiger partial charge in [0.1, 0.15) is 18.1 Å². The van der Waals surface area contributed by atoms with Crippen LogP contribution < -0.4 is 14.8 Å². The molecule has 0 aromatic heterocycles. The number of para-hydroxylation sites is 1. The highest BCUT2D eigenvalue weighted by Gasteiger charge is 2.17. The van der Waals surface area contributed by atoms with Gasteiger partial charge >= 0.3 is 0 Å². The van der Waals surface area contributed by atoms with E-state index in [1.165, 1.54) is 0 Å². The molecular formula is C18H19Cl2NO3. The summed E-state index contributed by atoms with van der Waals surface area (Å²) in [5.41, 5.74) is 0. The van der Waals surface area contributed by atoms with Crippen LogP contribution in [-0.4, -0.2) is 25.2 Å². The van der Waals surface area contributed by atoms with E-state index in [1.807, 2.05) is 19.1 Å². The molecule has 128 valence electrons. The lowest BCUT2D eigenvalue weighted by atomic mass is 10.2. The summed E-state index contributed by atoms with van der Waals surface area (Å²) >= 11 is 11.8. The second-order valence-electron chi connectivity index (χ2n) is 5.04. The van der Waals surface area contributed by atoms with Crippen molar-refractivity contribution >= 4 is 29.1 Å². The maximum absolute atomic E-state index is 12.2. The van der Waals surface area contributed by atoms with Crippen LogP contribution in [0.15, 0.2) is 48.5 Å². The molecule has 2 rings (SSSR count). The zero-order valence-electron chi connectivity index (χ0n) is 13.3. The van der Waals surface area contributed by atoms with Crippen molar-refractivity contribution in [2.45, 2.75) is 19.4 Å². The summed E-state index contributed by atoms with van der Waals surface area (Å²) < 4.78 is 11.2. The number of nitrogens with one attached hydrogen (secondary N) is 1. The van der Waals surface area contributed by atoms with Crippen molar-refractivity contribution in [1.82, 2.24) is 5.32 Å². The van der Waals surface area contributed by atoms with Crippen molar-refractivity contribution in [2.24, 2.45) is 0 Å². The van der Waals surface area contributed by atoms with E-state index in [-0.39, 0.29) is 5.91 Å². The zero-order chi connectivity index (χ0) is 17.4. The molecule has 0 saturated carbocycles. The van der Waals surface area contributed by atoms with Crippen LogP contribution in [0.1, 0.15) is 13.3 Å². The third-order valence-corrected chi connectivity index (χ3v) is 3.81. The molecule has 0 heterocycles. The Labute approximate surface area is 151 Å². The fourth-order valence-electron chi connectivity index (χ4n) is 2.01. The summed E-state index contributed by atoms with van der Waals surface area (Å²) in [5.74, 6) is 1.02. The second-order valence-corrected chi connectivity index (χ2v) is 5.88. The summed E-state index contributed by atoms with van der Waals surface area (Å²) in [6.07, 6.45) is -0.00805. The number of carbonyl (C=O) groups excluding carboxylic acids is 1. The van der Waals surface area contributed by atoms with E-state index >= 15 is 0 Å². The Morgan fingerprint density at radius 2 is 1.83 bits per heavy atom. The second kappa shape index (κ2) is 9.40. The SMILES string of the molecule is CC[C@H](Oc1ccc(Cl)cc1)C(=O)NCCOc1ccccc1Cl. The first-order valence-corrected chi connectivity index (χ1v) is 8.43. The van der Waals surface area contributed by atoms with Gasteiger partial charge in [0, 0.05) is 5.02 Å². The summed E-state index contributed by atoms with van der Waals surface area (Å²) in [6, 6.07) is 14.1. The van der Waals surface area contributed by atoms with Gasteiger partial charge in [-0.1, -0.05) is 42.3 Å². The van der Waals surface area contributed by atoms with E-state index in [4.69, 9.17) is 32.7 Å². The molecule has 0 aliphatic heterocycles. The fourth-order valence-corrected chi connectivity index (χ4v) is 2.33. The summed E-state index contributed by atoms with van der Waals surface area (Å²) in [5, 5.41) is 3.96. The van der Waals surface area contributed by atoms with E-state index in [1.54, 1.807) is 36.4 Å². The van der Waals surface area contributed by atoms with E-state index in [2.05, 4.69) is 5.32 Å². The van der Waals surface area contributed by atoms with Crippen LogP contribution in [0.2, 0.25) is 10.0 Å². The molecule has 6 heteroatoms. The van der Waals surface area contributed by atoms with Gasteiger partial charge in [-0.2, -0.15) is 0 Å². The molecule has 2 aromatic rings. The highest BCUT2D eigenvalue weighted by Crippen LogP contribution is 2.22. The summed E-state index contributed by atoms with van der Waals surface area (Å²) in [7, 11) is 0. The predicted octanol–water partition coefficient (Wildman–Crippen LogP) is 4.35. The van der Waals surface area contributed by atoms with Crippen LogP contribution in [0, 0.1) is 0 Å². The predicted molar refractivity (Wildman–Crippen MR) is 96.1 cm³/mol. The summed E-state index contributed by atoms with van der Waals surface area (Å²) in [6.45, 7) is 2.58. The Kier molecular flexibility index (Phi) is 7.22. The van der Waals surface area contributed by atoms with Crippen LogP contribution >= 0.6 is 23.2 Å². The average molecular weight is 368 g/mol. The molecule has 0 bridgehead atoms. The first-order chi connectivity index (χ1) is 11.6. The molecule has 0 fully saturated rings. The highest BCUT2D eigenvalue weighted by atomic mass is 35.5. The Morgan fingerprint density at radius 3 is 2.50 bits per heavy atom. The molecule has 0 saturated heterocycles. The fraction of sp³-hybridized carbons (Fsp3) is 0.278. The monoisotopic (exact) mass is 367 g/mol. The zero-order valence-corrected chi connectivity index (χ0v) is 14.8. The van der Waals surface area contributed by atoms with Crippen molar-refractivity contribution in [3.05, 3.63) is 58.6 Å². The van der Waals surface area contributed by atoms with Gasteiger partial charge in [0.05, 0.1) is 11.6 Å². The maximum Gasteiger partial charge on any atom is 0.261 e. The number of halogens is 2. The molecule has 0 spiro atoms. The number of benzene rings is 2. The number of carbonyl (C=O) groups is 1. The van der Waals surface area contributed by atoms with Crippen LogP contribution in [0.4, 0.5) is 0 Å². The smallest absolute Gasteiger partial charge is 0.261 e. The lowest BCUT2D eigenvalue weighted by Gasteiger charge is -2.17. The van der Waals surface area contributed by atoms with Gasteiger partial charge < -0.3 is 14.8 Å². The van der Waals surface area contributed by atoms with Gasteiger partial charge in [0.2, 0.25) is 0 Å². The number of ether oxygens (including phenoxy) is 2.